The Bertz CT molecular complexity index is 548. The molecule has 0 unspecified atom stereocenters. The molecule has 0 bridgehead atoms. The molecule has 1 aromatic carbocycles. The molecule has 18 heavy (non-hydrogen) atoms. The van der Waals surface area contributed by atoms with Crippen LogP contribution in [-0.2, 0) is 24.1 Å². The summed E-state index contributed by atoms with van der Waals surface area (Å²) in [5.41, 5.74) is 1.30. The minimum Gasteiger partial charge on any atom is -0.446 e. The minimum absolute atomic E-state index is 0.214. The number of carbonyl (C=O) groups is 1. The van der Waals surface area contributed by atoms with Crippen LogP contribution < -0.4 is 0 Å². The van der Waals surface area contributed by atoms with E-state index < -0.39 is 0 Å². The van der Waals surface area contributed by atoms with E-state index in [1.165, 1.54) is 6.07 Å². The van der Waals surface area contributed by atoms with Crippen LogP contribution in [0.15, 0.2) is 28.7 Å². The van der Waals surface area contributed by atoms with Crippen molar-refractivity contribution in [3.05, 3.63) is 53.0 Å². The second kappa shape index (κ2) is 5.58. The van der Waals surface area contributed by atoms with E-state index in [2.05, 4.69) is 4.98 Å². The Labute approximate surface area is 105 Å². The van der Waals surface area contributed by atoms with Gasteiger partial charge in [0.2, 0.25) is 0 Å². The largest absolute Gasteiger partial charge is 0.446 e. The lowest BCUT2D eigenvalue weighted by molar-refractivity contribution is -0.107. The number of aromatic nitrogens is 1. The van der Waals surface area contributed by atoms with Crippen molar-refractivity contribution in [2.45, 2.75) is 26.2 Å². The molecular weight excluding hydrogens is 233 g/mol. The normalized spacial score (nSPS) is 10.6. The van der Waals surface area contributed by atoms with Crippen molar-refractivity contribution >= 4 is 6.29 Å². The molecule has 3 nitrogen and oxygen atoms in total. The van der Waals surface area contributed by atoms with Gasteiger partial charge in [0.05, 0.1) is 5.69 Å². The van der Waals surface area contributed by atoms with Gasteiger partial charge in [0, 0.05) is 12.8 Å². The van der Waals surface area contributed by atoms with Crippen LogP contribution in [0.1, 0.15) is 22.9 Å². The average Bonchev–Trinajstić information content (AvgIpc) is 2.70. The van der Waals surface area contributed by atoms with Gasteiger partial charge in [-0.25, -0.2) is 9.37 Å². The van der Waals surface area contributed by atoms with Crippen LogP contribution in [0.25, 0.3) is 0 Å². The third-order valence-electron chi connectivity index (χ3n) is 2.78. The van der Waals surface area contributed by atoms with Crippen molar-refractivity contribution in [1.29, 1.82) is 0 Å². The standard InChI is InChI=1S/C14H14FNO2/c1-10-13(8-9-17)16-14(18-10)7-6-11-4-2-3-5-12(11)15/h2-5,9H,6-8H2,1H3. The highest BCUT2D eigenvalue weighted by Gasteiger charge is 2.10. The molecule has 0 amide bonds. The topological polar surface area (TPSA) is 43.1 Å². The summed E-state index contributed by atoms with van der Waals surface area (Å²) in [5.74, 6) is 0.993. The summed E-state index contributed by atoms with van der Waals surface area (Å²) < 4.78 is 18.8. The Balaban J connectivity index is 2.04. The first-order valence-electron chi connectivity index (χ1n) is 5.83. The average molecular weight is 247 g/mol. The highest BCUT2D eigenvalue weighted by molar-refractivity contribution is 5.54. The fraction of sp³-hybridized carbons (Fsp3) is 0.286. The molecule has 0 radical (unpaired) electrons. The number of hydrogen-bond donors (Lipinski definition) is 0. The summed E-state index contributed by atoms with van der Waals surface area (Å²) in [7, 11) is 0. The molecule has 0 aliphatic carbocycles. The van der Waals surface area contributed by atoms with E-state index in [0.29, 0.717) is 35.7 Å². The lowest BCUT2D eigenvalue weighted by Gasteiger charge is -1.99. The van der Waals surface area contributed by atoms with Gasteiger partial charge in [-0.05, 0) is 25.0 Å². The van der Waals surface area contributed by atoms with Crippen molar-refractivity contribution in [2.24, 2.45) is 0 Å². The van der Waals surface area contributed by atoms with Crippen LogP contribution in [0.5, 0.6) is 0 Å². The van der Waals surface area contributed by atoms with Crippen LogP contribution in [0.4, 0.5) is 4.39 Å². The Morgan fingerprint density at radius 3 is 2.83 bits per heavy atom. The number of aldehydes is 1. The second-order valence-corrected chi connectivity index (χ2v) is 4.07. The van der Waals surface area contributed by atoms with Crippen molar-refractivity contribution in [3.8, 4) is 0 Å². The quantitative estimate of drug-likeness (QED) is 0.763. The Morgan fingerprint density at radius 2 is 2.11 bits per heavy atom. The van der Waals surface area contributed by atoms with Gasteiger partial charge in [0.1, 0.15) is 17.9 Å². The lowest BCUT2D eigenvalue weighted by atomic mass is 10.1. The van der Waals surface area contributed by atoms with Gasteiger partial charge < -0.3 is 9.21 Å². The van der Waals surface area contributed by atoms with Crippen LogP contribution in [-0.4, -0.2) is 11.3 Å². The molecule has 1 aromatic heterocycles. The zero-order valence-corrected chi connectivity index (χ0v) is 10.1. The molecule has 0 fully saturated rings. The van der Waals surface area contributed by atoms with Crippen molar-refractivity contribution < 1.29 is 13.6 Å². The molecule has 0 aliphatic rings. The number of rotatable bonds is 5. The van der Waals surface area contributed by atoms with Gasteiger partial charge >= 0.3 is 0 Å². The monoisotopic (exact) mass is 247 g/mol. The number of hydrogen-bond acceptors (Lipinski definition) is 3. The number of benzene rings is 1. The summed E-state index contributed by atoms with van der Waals surface area (Å²) >= 11 is 0. The molecule has 0 spiro atoms. The van der Waals surface area contributed by atoms with Crippen LogP contribution in [0.2, 0.25) is 0 Å². The number of aryl methyl sites for hydroxylation is 3. The van der Waals surface area contributed by atoms with E-state index in [-0.39, 0.29) is 12.2 Å². The number of halogens is 1. The maximum absolute atomic E-state index is 13.4. The second-order valence-electron chi connectivity index (χ2n) is 4.07. The molecular formula is C14H14FNO2. The molecule has 4 heteroatoms. The van der Waals surface area contributed by atoms with Crippen LogP contribution >= 0.6 is 0 Å². The van der Waals surface area contributed by atoms with Gasteiger partial charge in [-0.3, -0.25) is 0 Å². The predicted octanol–water partition coefficient (Wildman–Crippen LogP) is 2.65. The van der Waals surface area contributed by atoms with E-state index in [1.807, 2.05) is 0 Å². The fourth-order valence-electron chi connectivity index (χ4n) is 1.81. The summed E-state index contributed by atoms with van der Waals surface area (Å²) in [6.07, 6.45) is 2.12. The molecule has 2 aromatic rings. The molecule has 0 saturated carbocycles. The molecule has 2 rings (SSSR count). The first-order valence-corrected chi connectivity index (χ1v) is 5.83. The van der Waals surface area contributed by atoms with E-state index in [9.17, 15) is 9.18 Å². The summed E-state index contributed by atoms with van der Waals surface area (Å²) in [6, 6.07) is 6.65. The maximum Gasteiger partial charge on any atom is 0.194 e. The Hall–Kier alpha value is -1.97. The SMILES string of the molecule is Cc1oc(CCc2ccccc2F)nc1CC=O. The Morgan fingerprint density at radius 1 is 1.33 bits per heavy atom. The zero-order chi connectivity index (χ0) is 13.0. The van der Waals surface area contributed by atoms with E-state index in [4.69, 9.17) is 4.42 Å². The van der Waals surface area contributed by atoms with Crippen molar-refractivity contribution in [3.63, 3.8) is 0 Å². The van der Waals surface area contributed by atoms with Crippen LogP contribution in [0.3, 0.4) is 0 Å². The van der Waals surface area contributed by atoms with Gasteiger partial charge in [0.25, 0.3) is 0 Å². The highest BCUT2D eigenvalue weighted by Crippen LogP contribution is 2.14. The van der Waals surface area contributed by atoms with Crippen molar-refractivity contribution in [1.82, 2.24) is 4.98 Å². The summed E-state index contributed by atoms with van der Waals surface area (Å²) in [4.78, 5) is 14.7. The van der Waals surface area contributed by atoms with Gasteiger partial charge in [-0.1, -0.05) is 18.2 Å². The maximum atomic E-state index is 13.4. The molecule has 1 heterocycles. The van der Waals surface area contributed by atoms with E-state index in [0.717, 1.165) is 6.29 Å². The smallest absolute Gasteiger partial charge is 0.194 e. The first kappa shape index (κ1) is 12.5. The molecule has 0 atom stereocenters. The molecule has 0 saturated heterocycles. The zero-order valence-electron chi connectivity index (χ0n) is 10.1. The Kier molecular flexibility index (Phi) is 3.87. The van der Waals surface area contributed by atoms with Crippen molar-refractivity contribution in [2.75, 3.05) is 0 Å². The van der Waals surface area contributed by atoms with Gasteiger partial charge in [-0.2, -0.15) is 0 Å². The first-order chi connectivity index (χ1) is 8.70. The van der Waals surface area contributed by atoms with Gasteiger partial charge in [-0.15, -0.1) is 0 Å². The third-order valence-corrected chi connectivity index (χ3v) is 2.78. The number of oxazole rings is 1. The highest BCUT2D eigenvalue weighted by atomic mass is 19.1. The van der Waals surface area contributed by atoms with E-state index in [1.54, 1.807) is 25.1 Å². The molecule has 0 aliphatic heterocycles. The van der Waals surface area contributed by atoms with E-state index >= 15 is 0 Å². The molecule has 0 N–H and O–H groups in total. The molecule has 94 valence electrons. The summed E-state index contributed by atoms with van der Waals surface area (Å²) in [6.45, 7) is 1.78. The fourth-order valence-corrected chi connectivity index (χ4v) is 1.81. The number of nitrogens with zero attached hydrogens (tertiary/aromatic N) is 1. The lowest BCUT2D eigenvalue weighted by Crippen LogP contribution is -1.95. The predicted molar refractivity (Wildman–Crippen MR) is 64.8 cm³/mol. The third kappa shape index (κ3) is 2.83. The van der Waals surface area contributed by atoms with Crippen LogP contribution in [0, 0.1) is 12.7 Å². The van der Waals surface area contributed by atoms with Gasteiger partial charge in [0.15, 0.2) is 5.89 Å². The number of carbonyl (C=O) groups excluding carboxylic acids is 1. The summed E-state index contributed by atoms with van der Waals surface area (Å²) in [5, 5.41) is 0. The minimum atomic E-state index is -0.214.